The highest BCUT2D eigenvalue weighted by Gasteiger charge is 2.28. The molecule has 0 aliphatic carbocycles. The van der Waals surface area contributed by atoms with Crippen LogP contribution in [0.25, 0.3) is 22.0 Å². The van der Waals surface area contributed by atoms with Crippen molar-refractivity contribution in [2.75, 3.05) is 31.1 Å². The standard InChI is InChI=1S/C25H20ClN5O3/c26-18-8-10-23(31(33)34)21(16-18)25(32)30-14-12-29(13-15-30)24-11-9-22(27-28-24)20-7-3-5-17-4-1-2-6-19(17)20/h1-11,16H,12-15H2. The van der Waals surface area contributed by atoms with Crippen molar-refractivity contribution in [2.45, 2.75) is 0 Å². The minimum Gasteiger partial charge on any atom is -0.352 e. The summed E-state index contributed by atoms with van der Waals surface area (Å²) in [4.78, 5) is 27.4. The molecule has 3 aromatic carbocycles. The van der Waals surface area contributed by atoms with E-state index >= 15 is 0 Å². The molecule has 5 rings (SSSR count). The van der Waals surface area contributed by atoms with Crippen molar-refractivity contribution >= 4 is 39.8 Å². The van der Waals surface area contributed by atoms with Gasteiger partial charge in [-0.05, 0) is 35.0 Å². The first-order valence-electron chi connectivity index (χ1n) is 10.8. The van der Waals surface area contributed by atoms with Gasteiger partial charge in [-0.3, -0.25) is 14.9 Å². The summed E-state index contributed by atoms with van der Waals surface area (Å²) >= 11 is 5.98. The van der Waals surface area contributed by atoms with Gasteiger partial charge in [0.2, 0.25) is 0 Å². The summed E-state index contributed by atoms with van der Waals surface area (Å²) in [6, 6.07) is 22.2. The van der Waals surface area contributed by atoms with Crippen LogP contribution >= 0.6 is 11.6 Å². The molecule has 34 heavy (non-hydrogen) atoms. The predicted molar refractivity (Wildman–Crippen MR) is 131 cm³/mol. The number of nitrogens with zero attached hydrogens (tertiary/aromatic N) is 5. The number of benzene rings is 3. The molecule has 0 spiro atoms. The molecule has 0 radical (unpaired) electrons. The third-order valence-corrected chi connectivity index (χ3v) is 6.23. The van der Waals surface area contributed by atoms with E-state index in [1.54, 1.807) is 4.90 Å². The average molecular weight is 474 g/mol. The van der Waals surface area contributed by atoms with Crippen molar-refractivity contribution in [3.8, 4) is 11.3 Å². The molecular weight excluding hydrogens is 454 g/mol. The van der Waals surface area contributed by atoms with E-state index in [1.165, 1.54) is 18.2 Å². The van der Waals surface area contributed by atoms with Crippen molar-refractivity contribution in [2.24, 2.45) is 0 Å². The second-order valence-electron chi connectivity index (χ2n) is 8.00. The molecule has 9 heteroatoms. The van der Waals surface area contributed by atoms with Crippen LogP contribution < -0.4 is 4.90 Å². The lowest BCUT2D eigenvalue weighted by molar-refractivity contribution is -0.385. The van der Waals surface area contributed by atoms with Crippen LogP contribution in [0, 0.1) is 10.1 Å². The van der Waals surface area contributed by atoms with E-state index in [0.717, 1.165) is 27.8 Å². The third kappa shape index (κ3) is 4.15. The maximum atomic E-state index is 12.9. The number of hydrogen-bond donors (Lipinski definition) is 0. The Kier molecular flexibility index (Phi) is 5.81. The number of carbonyl (C=O) groups excluding carboxylic acids is 1. The summed E-state index contributed by atoms with van der Waals surface area (Å²) in [5.74, 6) is 0.330. The van der Waals surface area contributed by atoms with Crippen LogP contribution in [0.3, 0.4) is 0 Å². The largest absolute Gasteiger partial charge is 0.352 e. The Balaban J connectivity index is 1.30. The molecule has 170 valence electrons. The first-order chi connectivity index (χ1) is 16.5. The molecule has 0 unspecified atom stereocenters. The third-order valence-electron chi connectivity index (χ3n) is 5.99. The van der Waals surface area contributed by atoms with Gasteiger partial charge in [0.1, 0.15) is 5.56 Å². The number of fused-ring (bicyclic) bond motifs is 1. The van der Waals surface area contributed by atoms with E-state index in [9.17, 15) is 14.9 Å². The van der Waals surface area contributed by atoms with Crippen molar-refractivity contribution in [3.63, 3.8) is 0 Å². The monoisotopic (exact) mass is 473 g/mol. The van der Waals surface area contributed by atoms with E-state index in [0.29, 0.717) is 26.2 Å². The second kappa shape index (κ2) is 9.07. The zero-order valence-corrected chi connectivity index (χ0v) is 18.9. The van der Waals surface area contributed by atoms with Gasteiger partial charge in [-0.2, -0.15) is 0 Å². The average Bonchev–Trinajstić information content (AvgIpc) is 2.88. The lowest BCUT2D eigenvalue weighted by atomic mass is 10.0. The Bertz CT molecular complexity index is 1380. The lowest BCUT2D eigenvalue weighted by Gasteiger charge is -2.35. The van der Waals surface area contributed by atoms with E-state index in [-0.39, 0.29) is 16.3 Å². The number of carbonyl (C=O) groups is 1. The van der Waals surface area contributed by atoms with Crippen LogP contribution in [0.4, 0.5) is 11.5 Å². The van der Waals surface area contributed by atoms with Crippen LogP contribution in [0.1, 0.15) is 10.4 Å². The van der Waals surface area contributed by atoms with E-state index in [1.807, 2.05) is 36.4 Å². The molecule has 1 aromatic heterocycles. The van der Waals surface area contributed by atoms with Crippen LogP contribution in [-0.2, 0) is 0 Å². The predicted octanol–water partition coefficient (Wildman–Crippen LogP) is 4.82. The Hall–Kier alpha value is -4.04. The van der Waals surface area contributed by atoms with Gasteiger partial charge in [-0.1, -0.05) is 54.1 Å². The van der Waals surface area contributed by atoms with Crippen molar-refractivity contribution < 1.29 is 9.72 Å². The lowest BCUT2D eigenvalue weighted by Crippen LogP contribution is -2.49. The van der Waals surface area contributed by atoms with Gasteiger partial charge in [0.05, 0.1) is 10.6 Å². The molecule has 1 aliphatic heterocycles. The van der Waals surface area contributed by atoms with E-state index < -0.39 is 10.8 Å². The minimum absolute atomic E-state index is 0.00480. The van der Waals surface area contributed by atoms with Gasteiger partial charge in [0, 0.05) is 42.8 Å². The van der Waals surface area contributed by atoms with Gasteiger partial charge in [0.15, 0.2) is 5.82 Å². The molecule has 8 nitrogen and oxygen atoms in total. The fourth-order valence-corrected chi connectivity index (χ4v) is 4.41. The zero-order valence-electron chi connectivity index (χ0n) is 18.1. The van der Waals surface area contributed by atoms with Gasteiger partial charge >= 0.3 is 0 Å². The highest BCUT2D eigenvalue weighted by atomic mass is 35.5. The van der Waals surface area contributed by atoms with Gasteiger partial charge in [-0.25, -0.2) is 0 Å². The first kappa shape index (κ1) is 21.8. The van der Waals surface area contributed by atoms with Crippen molar-refractivity contribution in [3.05, 3.63) is 93.5 Å². The SMILES string of the molecule is O=C(c1cc(Cl)ccc1[N+](=O)[O-])N1CCN(c2ccc(-c3cccc4ccccc34)nn2)CC1. The molecule has 1 aliphatic rings. The maximum absolute atomic E-state index is 12.9. The Morgan fingerprint density at radius 2 is 1.68 bits per heavy atom. The highest BCUT2D eigenvalue weighted by Crippen LogP contribution is 2.28. The fourth-order valence-electron chi connectivity index (χ4n) is 4.23. The summed E-state index contributed by atoms with van der Waals surface area (Å²) in [6.07, 6.45) is 0. The topological polar surface area (TPSA) is 92.5 Å². The van der Waals surface area contributed by atoms with Crippen LogP contribution in [0.2, 0.25) is 5.02 Å². The van der Waals surface area contributed by atoms with Crippen molar-refractivity contribution in [1.82, 2.24) is 15.1 Å². The number of anilines is 1. The Labute approximate surface area is 200 Å². The van der Waals surface area contributed by atoms with Crippen LogP contribution in [0.5, 0.6) is 0 Å². The number of nitro groups is 1. The van der Waals surface area contributed by atoms with Crippen LogP contribution in [0.15, 0.2) is 72.8 Å². The number of aromatic nitrogens is 2. The number of halogens is 1. The number of amides is 1. The number of hydrogen-bond acceptors (Lipinski definition) is 6. The van der Waals surface area contributed by atoms with E-state index in [2.05, 4.69) is 33.3 Å². The maximum Gasteiger partial charge on any atom is 0.282 e. The number of nitro benzene ring substituents is 1. The van der Waals surface area contributed by atoms with Crippen molar-refractivity contribution in [1.29, 1.82) is 0 Å². The molecular formula is C25H20ClN5O3. The van der Waals surface area contributed by atoms with Crippen LogP contribution in [-0.4, -0.2) is 52.1 Å². The summed E-state index contributed by atoms with van der Waals surface area (Å²) in [5, 5.41) is 22.8. The zero-order chi connectivity index (χ0) is 23.7. The molecule has 0 atom stereocenters. The summed E-state index contributed by atoms with van der Waals surface area (Å²) in [5.41, 5.74) is 1.58. The molecule has 1 amide bonds. The molecule has 0 saturated carbocycles. The molecule has 2 heterocycles. The first-order valence-corrected chi connectivity index (χ1v) is 11.2. The summed E-state index contributed by atoms with van der Waals surface area (Å²) < 4.78 is 0. The molecule has 0 N–H and O–H groups in total. The molecule has 1 saturated heterocycles. The second-order valence-corrected chi connectivity index (χ2v) is 8.44. The van der Waals surface area contributed by atoms with Gasteiger partial charge < -0.3 is 9.80 Å². The minimum atomic E-state index is -0.563. The summed E-state index contributed by atoms with van der Waals surface area (Å²) in [6.45, 7) is 1.91. The van der Waals surface area contributed by atoms with E-state index in [4.69, 9.17) is 11.6 Å². The summed E-state index contributed by atoms with van der Waals surface area (Å²) in [7, 11) is 0. The molecule has 0 bridgehead atoms. The Morgan fingerprint density at radius 3 is 2.41 bits per heavy atom. The highest BCUT2D eigenvalue weighted by molar-refractivity contribution is 6.31. The quantitative estimate of drug-likeness (QED) is 0.311. The van der Waals surface area contributed by atoms with Gasteiger partial charge in [-0.15, -0.1) is 10.2 Å². The smallest absolute Gasteiger partial charge is 0.282 e. The number of piperazine rings is 1. The van der Waals surface area contributed by atoms with Gasteiger partial charge in [0.25, 0.3) is 11.6 Å². The molecule has 1 fully saturated rings. The fraction of sp³-hybridized carbons (Fsp3) is 0.160. The molecule has 4 aromatic rings. The normalized spacial score (nSPS) is 13.8. The number of rotatable bonds is 4. The Morgan fingerprint density at radius 1 is 0.912 bits per heavy atom.